The molecule has 0 aromatic heterocycles. The van der Waals surface area contributed by atoms with Crippen LogP contribution in [0.4, 0.5) is 0 Å². The Morgan fingerprint density at radius 1 is 1.26 bits per heavy atom. The van der Waals surface area contributed by atoms with E-state index in [0.29, 0.717) is 24.1 Å². The molecule has 0 atom stereocenters. The number of nitrogens with zero attached hydrogens (tertiary/aromatic N) is 1. The standard InChI is InChI=1S/C19H29BrN4O2.HI/c1-21-18(24-14-19(7-4-8-19)9-12-26-2)23-11-10-22-17(25)15-5-3-6-16(20)13-15;/h3,5-6,13H,4,7-12,14H2,1-2H3,(H,22,25)(H2,21,23,24);1H. The van der Waals surface area contributed by atoms with E-state index in [-0.39, 0.29) is 29.9 Å². The second kappa shape index (κ2) is 12.6. The molecule has 1 aromatic rings. The van der Waals surface area contributed by atoms with Crippen LogP contribution in [0, 0.1) is 5.41 Å². The molecule has 0 bridgehead atoms. The molecular weight excluding hydrogens is 523 g/mol. The van der Waals surface area contributed by atoms with Crippen molar-refractivity contribution in [3.8, 4) is 0 Å². The molecule has 0 saturated heterocycles. The summed E-state index contributed by atoms with van der Waals surface area (Å²) in [6.45, 7) is 2.85. The third kappa shape index (κ3) is 7.95. The Morgan fingerprint density at radius 2 is 2.00 bits per heavy atom. The van der Waals surface area contributed by atoms with Crippen molar-refractivity contribution in [1.82, 2.24) is 16.0 Å². The molecule has 6 nitrogen and oxygen atoms in total. The highest BCUT2D eigenvalue weighted by Crippen LogP contribution is 2.43. The number of methoxy groups -OCH3 is 1. The molecular formula is C19H30BrIN4O2. The van der Waals surface area contributed by atoms with Gasteiger partial charge < -0.3 is 20.7 Å². The summed E-state index contributed by atoms with van der Waals surface area (Å²) >= 11 is 3.38. The number of carbonyl (C=O) groups excluding carboxylic acids is 1. The highest BCUT2D eigenvalue weighted by atomic mass is 127. The molecule has 152 valence electrons. The zero-order valence-electron chi connectivity index (χ0n) is 16.0. The van der Waals surface area contributed by atoms with E-state index in [1.807, 2.05) is 12.1 Å². The molecule has 1 saturated carbocycles. The fraction of sp³-hybridized carbons (Fsp3) is 0.579. The zero-order valence-corrected chi connectivity index (χ0v) is 19.9. The van der Waals surface area contributed by atoms with Gasteiger partial charge in [0, 0.05) is 50.4 Å². The zero-order chi connectivity index (χ0) is 18.8. The van der Waals surface area contributed by atoms with Crippen LogP contribution in [0.1, 0.15) is 36.0 Å². The fourth-order valence-corrected chi connectivity index (χ4v) is 3.49. The van der Waals surface area contributed by atoms with Crippen LogP contribution >= 0.6 is 39.9 Å². The van der Waals surface area contributed by atoms with E-state index >= 15 is 0 Å². The predicted octanol–water partition coefficient (Wildman–Crippen LogP) is 3.17. The number of ether oxygens (including phenoxy) is 1. The molecule has 1 aromatic carbocycles. The third-order valence-corrected chi connectivity index (χ3v) is 5.39. The Bertz CT molecular complexity index is 623. The Morgan fingerprint density at radius 3 is 2.59 bits per heavy atom. The van der Waals surface area contributed by atoms with Gasteiger partial charge in [-0.05, 0) is 42.9 Å². The Kier molecular flexibility index (Phi) is 11.2. The number of aliphatic imine (C=N–C) groups is 1. The number of nitrogens with one attached hydrogen (secondary N) is 3. The number of halogens is 2. The van der Waals surface area contributed by atoms with Crippen LogP contribution in [-0.2, 0) is 4.74 Å². The SMILES string of the molecule is CN=C(NCCNC(=O)c1cccc(Br)c1)NCC1(CCOC)CCC1.I. The third-order valence-electron chi connectivity index (χ3n) is 4.89. The summed E-state index contributed by atoms with van der Waals surface area (Å²) in [6, 6.07) is 7.35. The normalized spacial score (nSPS) is 15.3. The van der Waals surface area contributed by atoms with Crippen LogP contribution in [0.5, 0.6) is 0 Å². The van der Waals surface area contributed by atoms with Crippen LogP contribution in [0.15, 0.2) is 33.7 Å². The van der Waals surface area contributed by atoms with Crippen LogP contribution in [-0.4, -0.2) is 52.3 Å². The molecule has 0 unspecified atom stereocenters. The molecule has 1 fully saturated rings. The lowest BCUT2D eigenvalue weighted by molar-refractivity contribution is 0.0732. The van der Waals surface area contributed by atoms with E-state index in [1.54, 1.807) is 26.3 Å². The number of rotatable bonds is 9. The first-order valence-corrected chi connectivity index (χ1v) is 9.85. The fourth-order valence-electron chi connectivity index (χ4n) is 3.09. The van der Waals surface area contributed by atoms with E-state index in [9.17, 15) is 4.79 Å². The smallest absolute Gasteiger partial charge is 0.251 e. The Hall–Kier alpha value is -0.870. The van der Waals surface area contributed by atoms with Crippen LogP contribution in [0.2, 0.25) is 0 Å². The first-order chi connectivity index (χ1) is 12.6. The number of hydrogen-bond acceptors (Lipinski definition) is 3. The van der Waals surface area contributed by atoms with Crippen LogP contribution < -0.4 is 16.0 Å². The van der Waals surface area contributed by atoms with Crippen molar-refractivity contribution in [2.75, 3.05) is 40.4 Å². The number of guanidine groups is 1. The van der Waals surface area contributed by atoms with Crippen molar-refractivity contribution in [2.24, 2.45) is 10.4 Å². The summed E-state index contributed by atoms with van der Waals surface area (Å²) in [5.74, 6) is 0.689. The van der Waals surface area contributed by atoms with E-state index in [0.717, 1.165) is 30.0 Å². The maximum atomic E-state index is 12.1. The van der Waals surface area contributed by atoms with Gasteiger partial charge in [0.2, 0.25) is 0 Å². The minimum absolute atomic E-state index is 0. The number of hydrogen-bond donors (Lipinski definition) is 3. The van der Waals surface area contributed by atoms with Crippen molar-refractivity contribution >= 4 is 51.8 Å². The maximum absolute atomic E-state index is 12.1. The summed E-state index contributed by atoms with van der Waals surface area (Å²) < 4.78 is 6.13. The summed E-state index contributed by atoms with van der Waals surface area (Å²) in [5.41, 5.74) is 0.981. The lowest BCUT2D eigenvalue weighted by Gasteiger charge is -2.42. The second-order valence-corrected chi connectivity index (χ2v) is 7.63. The second-order valence-electron chi connectivity index (χ2n) is 6.72. The Labute approximate surface area is 187 Å². The average molecular weight is 553 g/mol. The average Bonchev–Trinajstić information content (AvgIpc) is 2.61. The van der Waals surface area contributed by atoms with Gasteiger partial charge in [-0.25, -0.2) is 0 Å². The molecule has 0 heterocycles. The van der Waals surface area contributed by atoms with Crippen molar-refractivity contribution in [2.45, 2.75) is 25.7 Å². The summed E-state index contributed by atoms with van der Waals surface area (Å²) in [6.07, 6.45) is 4.85. The van der Waals surface area contributed by atoms with Gasteiger partial charge in [-0.3, -0.25) is 9.79 Å². The van der Waals surface area contributed by atoms with Gasteiger partial charge in [0.15, 0.2) is 5.96 Å². The van der Waals surface area contributed by atoms with Crippen molar-refractivity contribution in [1.29, 1.82) is 0 Å². The van der Waals surface area contributed by atoms with Crippen molar-refractivity contribution in [3.63, 3.8) is 0 Å². The van der Waals surface area contributed by atoms with Crippen molar-refractivity contribution in [3.05, 3.63) is 34.3 Å². The lowest BCUT2D eigenvalue weighted by atomic mass is 9.67. The summed E-state index contributed by atoms with van der Waals surface area (Å²) in [7, 11) is 3.51. The topological polar surface area (TPSA) is 74.8 Å². The molecule has 1 aliphatic rings. The van der Waals surface area contributed by atoms with Gasteiger partial charge in [0.25, 0.3) is 5.91 Å². The molecule has 3 N–H and O–H groups in total. The number of benzene rings is 1. The van der Waals surface area contributed by atoms with Crippen LogP contribution in [0.25, 0.3) is 0 Å². The van der Waals surface area contributed by atoms with Gasteiger partial charge in [0.05, 0.1) is 0 Å². The number of carbonyl (C=O) groups is 1. The quantitative estimate of drug-likeness (QED) is 0.190. The van der Waals surface area contributed by atoms with Gasteiger partial charge in [-0.2, -0.15) is 0 Å². The number of amides is 1. The van der Waals surface area contributed by atoms with E-state index < -0.39 is 0 Å². The maximum Gasteiger partial charge on any atom is 0.251 e. The lowest BCUT2D eigenvalue weighted by Crippen LogP contribution is -2.48. The first-order valence-electron chi connectivity index (χ1n) is 9.06. The molecule has 8 heteroatoms. The first kappa shape index (κ1) is 24.2. The highest BCUT2D eigenvalue weighted by molar-refractivity contribution is 14.0. The monoisotopic (exact) mass is 552 g/mol. The van der Waals surface area contributed by atoms with E-state index in [4.69, 9.17) is 4.74 Å². The summed E-state index contributed by atoms with van der Waals surface area (Å²) in [4.78, 5) is 16.4. The van der Waals surface area contributed by atoms with E-state index in [1.165, 1.54) is 19.3 Å². The largest absolute Gasteiger partial charge is 0.385 e. The molecule has 0 radical (unpaired) electrons. The minimum Gasteiger partial charge on any atom is -0.385 e. The molecule has 2 rings (SSSR count). The van der Waals surface area contributed by atoms with Crippen molar-refractivity contribution < 1.29 is 9.53 Å². The van der Waals surface area contributed by atoms with Gasteiger partial charge >= 0.3 is 0 Å². The predicted molar refractivity (Wildman–Crippen MR) is 124 cm³/mol. The van der Waals surface area contributed by atoms with Gasteiger partial charge in [0.1, 0.15) is 0 Å². The minimum atomic E-state index is -0.0796. The Balaban J connectivity index is 0.00000364. The summed E-state index contributed by atoms with van der Waals surface area (Å²) in [5, 5.41) is 9.57. The van der Waals surface area contributed by atoms with Gasteiger partial charge in [-0.1, -0.05) is 28.4 Å². The molecule has 1 aliphatic carbocycles. The van der Waals surface area contributed by atoms with Crippen LogP contribution in [0.3, 0.4) is 0 Å². The molecule has 27 heavy (non-hydrogen) atoms. The molecule has 0 spiro atoms. The molecule has 0 aliphatic heterocycles. The highest BCUT2D eigenvalue weighted by Gasteiger charge is 2.36. The van der Waals surface area contributed by atoms with Gasteiger partial charge in [-0.15, -0.1) is 24.0 Å². The molecule has 1 amide bonds. The van der Waals surface area contributed by atoms with E-state index in [2.05, 4.69) is 36.9 Å².